The first-order valence-corrected chi connectivity index (χ1v) is 13.2. The number of tetrazole rings is 1. The molecule has 5 aromatic rings. The molecule has 0 atom stereocenters. The monoisotopic (exact) mass is 548 g/mol. The van der Waals surface area contributed by atoms with Crippen molar-refractivity contribution in [2.45, 2.75) is 11.7 Å². The molecule has 1 saturated heterocycles. The maximum Gasteiger partial charge on any atom is 0.329 e. The molecule has 1 amide bonds. The van der Waals surface area contributed by atoms with Crippen LogP contribution in [0.3, 0.4) is 0 Å². The summed E-state index contributed by atoms with van der Waals surface area (Å²) in [4.78, 5) is 48.8. The van der Waals surface area contributed by atoms with Crippen LogP contribution < -0.4 is 16.1 Å². The number of rotatable bonds is 7. The fourth-order valence-corrected chi connectivity index (χ4v) is 5.39. The summed E-state index contributed by atoms with van der Waals surface area (Å²) in [5.41, 5.74) is 0.412. The largest absolute Gasteiger partial charge is 0.459 e. The van der Waals surface area contributed by atoms with Gasteiger partial charge in [0.2, 0.25) is 11.1 Å². The highest BCUT2D eigenvalue weighted by Gasteiger charge is 2.28. The molecule has 6 rings (SSSR count). The van der Waals surface area contributed by atoms with Gasteiger partial charge in [0.1, 0.15) is 0 Å². The van der Waals surface area contributed by atoms with Crippen LogP contribution >= 0.6 is 11.8 Å². The molecule has 0 aliphatic carbocycles. The van der Waals surface area contributed by atoms with E-state index in [-0.39, 0.29) is 5.91 Å². The number of aryl methyl sites for hydroxylation is 2. The number of fused-ring (bicyclic) bond motifs is 1. The van der Waals surface area contributed by atoms with Crippen LogP contribution in [0.2, 0.25) is 0 Å². The molecule has 0 radical (unpaired) electrons. The van der Waals surface area contributed by atoms with Gasteiger partial charge in [0.05, 0.1) is 12.0 Å². The van der Waals surface area contributed by atoms with Crippen molar-refractivity contribution in [1.82, 2.24) is 44.2 Å². The molecule has 1 aliphatic rings. The zero-order valence-corrected chi connectivity index (χ0v) is 21.7. The first-order valence-electron chi connectivity index (χ1n) is 12.2. The number of para-hydroxylation sites is 1. The Morgan fingerprint density at radius 2 is 1.87 bits per heavy atom. The molecule has 1 N–H and O–H groups in total. The summed E-state index contributed by atoms with van der Waals surface area (Å²) in [5, 5.41) is 12.7. The van der Waals surface area contributed by atoms with Gasteiger partial charge in [-0.1, -0.05) is 30.0 Å². The Morgan fingerprint density at radius 1 is 1.08 bits per heavy atom. The van der Waals surface area contributed by atoms with Crippen molar-refractivity contribution in [3.05, 3.63) is 75.3 Å². The molecular formula is C24H24N10O4S. The van der Waals surface area contributed by atoms with E-state index in [0.717, 1.165) is 5.69 Å². The maximum absolute atomic E-state index is 12.9. The second kappa shape index (κ2) is 10.2. The molecule has 0 spiro atoms. The Balaban J connectivity index is 1.26. The van der Waals surface area contributed by atoms with Gasteiger partial charge in [0.25, 0.3) is 11.5 Å². The highest BCUT2D eigenvalue weighted by molar-refractivity contribution is 7.99. The average molecular weight is 549 g/mol. The number of hydrogen-bond donors (Lipinski definition) is 1. The highest BCUT2D eigenvalue weighted by Crippen LogP contribution is 2.24. The summed E-state index contributed by atoms with van der Waals surface area (Å²) >= 11 is 1.44. The Morgan fingerprint density at radius 3 is 2.62 bits per heavy atom. The highest BCUT2D eigenvalue weighted by atomic mass is 32.2. The summed E-state index contributed by atoms with van der Waals surface area (Å²) in [7, 11) is 1.57. The van der Waals surface area contributed by atoms with Crippen molar-refractivity contribution in [3.63, 3.8) is 0 Å². The van der Waals surface area contributed by atoms with Crippen molar-refractivity contribution in [2.24, 2.45) is 7.05 Å². The summed E-state index contributed by atoms with van der Waals surface area (Å²) in [6.45, 7) is 2.32. The van der Waals surface area contributed by atoms with Gasteiger partial charge in [0.15, 0.2) is 16.9 Å². The molecule has 1 aliphatic heterocycles. The van der Waals surface area contributed by atoms with Gasteiger partial charge in [-0.25, -0.2) is 4.79 Å². The van der Waals surface area contributed by atoms with E-state index in [1.54, 1.807) is 28.8 Å². The number of hydrogen-bond acceptors (Lipinski definition) is 10. The average Bonchev–Trinajstić information content (AvgIpc) is 3.73. The van der Waals surface area contributed by atoms with Crippen molar-refractivity contribution < 1.29 is 9.21 Å². The minimum atomic E-state index is -0.533. The first kappa shape index (κ1) is 24.7. The number of amides is 1. The van der Waals surface area contributed by atoms with E-state index in [2.05, 4.69) is 20.5 Å². The molecule has 0 bridgehead atoms. The van der Waals surface area contributed by atoms with Gasteiger partial charge < -0.3 is 18.8 Å². The Hall–Kier alpha value is -4.66. The molecule has 0 unspecified atom stereocenters. The fourth-order valence-electron chi connectivity index (χ4n) is 4.57. The molecule has 0 saturated carbocycles. The van der Waals surface area contributed by atoms with E-state index in [1.165, 1.54) is 22.6 Å². The van der Waals surface area contributed by atoms with Crippen molar-refractivity contribution in [2.75, 3.05) is 36.8 Å². The van der Waals surface area contributed by atoms with Crippen LogP contribution in [0.5, 0.6) is 0 Å². The number of anilines is 1. The van der Waals surface area contributed by atoms with Gasteiger partial charge in [-0.15, -0.1) is 5.10 Å². The van der Waals surface area contributed by atoms with E-state index in [4.69, 9.17) is 9.40 Å². The van der Waals surface area contributed by atoms with Crippen LogP contribution in [-0.4, -0.2) is 82.0 Å². The third-order valence-electron chi connectivity index (χ3n) is 6.56. The fraction of sp³-hybridized carbons (Fsp3) is 0.292. The molecule has 1 aromatic carbocycles. The van der Waals surface area contributed by atoms with Gasteiger partial charge in [0, 0.05) is 45.5 Å². The van der Waals surface area contributed by atoms with Gasteiger partial charge >= 0.3 is 5.69 Å². The molecule has 1 fully saturated rings. The van der Waals surface area contributed by atoms with E-state index in [9.17, 15) is 14.4 Å². The van der Waals surface area contributed by atoms with Crippen LogP contribution in [0.1, 0.15) is 10.6 Å². The number of furan rings is 1. The van der Waals surface area contributed by atoms with E-state index >= 15 is 0 Å². The van der Waals surface area contributed by atoms with Crippen LogP contribution in [-0.2, 0) is 13.6 Å². The van der Waals surface area contributed by atoms with Gasteiger partial charge in [-0.3, -0.25) is 19.1 Å². The summed E-state index contributed by atoms with van der Waals surface area (Å²) in [6, 6.07) is 12.9. The second-order valence-electron chi connectivity index (χ2n) is 8.87. The number of nitrogens with zero attached hydrogens (tertiary/aromatic N) is 9. The maximum atomic E-state index is 12.9. The molecule has 15 heteroatoms. The van der Waals surface area contributed by atoms with Crippen LogP contribution in [0, 0.1) is 0 Å². The van der Waals surface area contributed by atoms with Crippen molar-refractivity contribution in [1.29, 1.82) is 0 Å². The number of aromatic nitrogens is 8. The van der Waals surface area contributed by atoms with Crippen LogP contribution in [0.15, 0.2) is 67.9 Å². The Labute approximate surface area is 224 Å². The number of benzene rings is 1. The third-order valence-corrected chi connectivity index (χ3v) is 7.46. The minimum absolute atomic E-state index is 0.167. The molecule has 200 valence electrons. The molecule has 14 nitrogen and oxygen atoms in total. The number of carbonyl (C=O) groups excluding carboxylic acids is 1. The van der Waals surface area contributed by atoms with Crippen LogP contribution in [0.4, 0.5) is 5.95 Å². The van der Waals surface area contributed by atoms with Gasteiger partial charge in [-0.2, -0.15) is 9.67 Å². The van der Waals surface area contributed by atoms with Crippen LogP contribution in [0.25, 0.3) is 16.9 Å². The number of carbonyl (C=O) groups is 1. The predicted molar refractivity (Wildman–Crippen MR) is 142 cm³/mol. The summed E-state index contributed by atoms with van der Waals surface area (Å²) < 4.78 is 10.1. The lowest BCUT2D eigenvalue weighted by Crippen LogP contribution is -2.49. The Bertz CT molecular complexity index is 1730. The van der Waals surface area contributed by atoms with E-state index in [0.29, 0.717) is 66.5 Å². The predicted octanol–water partition coefficient (Wildman–Crippen LogP) is 0.747. The van der Waals surface area contributed by atoms with Crippen molar-refractivity contribution in [3.8, 4) is 5.69 Å². The standard InChI is InChI=1S/C24H24N10O4S/c1-30-19-18(20(35)26-23(30)37)33(13-15-39-24-27-28-29-34(24)16-6-3-2-4-7-16)22(25-19)32-11-9-31(10-12-32)21(36)17-8-5-14-38-17/h2-8,14H,9-13,15H2,1H3,(H,26,35,37). The third kappa shape index (κ3) is 4.60. The molecule has 4 aromatic heterocycles. The van der Waals surface area contributed by atoms with E-state index in [1.807, 2.05) is 39.8 Å². The van der Waals surface area contributed by atoms with E-state index < -0.39 is 11.2 Å². The normalized spacial score (nSPS) is 13.9. The Kier molecular flexibility index (Phi) is 6.48. The molecule has 39 heavy (non-hydrogen) atoms. The lowest BCUT2D eigenvalue weighted by Gasteiger charge is -2.35. The number of nitrogens with one attached hydrogen (secondary N) is 1. The lowest BCUT2D eigenvalue weighted by atomic mass is 10.3. The zero-order valence-electron chi connectivity index (χ0n) is 20.9. The van der Waals surface area contributed by atoms with Crippen molar-refractivity contribution >= 4 is 34.8 Å². The SMILES string of the molecule is Cn1c(=O)[nH]c(=O)c2c1nc(N1CCN(C(=O)c3ccco3)CC1)n2CCSc1nnnn1-c1ccccc1. The topological polar surface area (TPSA) is 153 Å². The zero-order chi connectivity index (χ0) is 26.9. The first-order chi connectivity index (χ1) is 19.0. The summed E-state index contributed by atoms with van der Waals surface area (Å²) in [6.07, 6.45) is 1.48. The number of imidazole rings is 1. The number of H-pyrrole nitrogens is 1. The lowest BCUT2D eigenvalue weighted by molar-refractivity contribution is 0.0714. The molecular weight excluding hydrogens is 524 g/mol. The van der Waals surface area contributed by atoms with Gasteiger partial charge in [-0.05, 0) is 34.7 Å². The summed E-state index contributed by atoms with van der Waals surface area (Å²) in [5.74, 6) is 1.22. The number of thioether (sulfide) groups is 1. The smallest absolute Gasteiger partial charge is 0.329 e. The minimum Gasteiger partial charge on any atom is -0.459 e. The number of piperazine rings is 1. The second-order valence-corrected chi connectivity index (χ2v) is 9.93. The number of aromatic amines is 1. The quantitative estimate of drug-likeness (QED) is 0.288. The molecule has 5 heterocycles.